The number of nitrogens with one attached hydrogen (secondary N) is 1. The van der Waals surface area contributed by atoms with Crippen molar-refractivity contribution in [1.29, 1.82) is 0 Å². The van der Waals surface area contributed by atoms with E-state index < -0.39 is 0 Å². The van der Waals surface area contributed by atoms with Gasteiger partial charge < -0.3 is 15.3 Å². The van der Waals surface area contributed by atoms with Crippen molar-refractivity contribution in [3.05, 3.63) is 59.1 Å². The first-order valence-corrected chi connectivity index (χ1v) is 9.43. The third-order valence-corrected chi connectivity index (χ3v) is 5.42. The Morgan fingerprint density at radius 3 is 2.31 bits per heavy atom. The lowest BCUT2D eigenvalue weighted by molar-refractivity contribution is 0.306. The van der Waals surface area contributed by atoms with Gasteiger partial charge in [-0.25, -0.2) is 0 Å². The number of rotatable bonds is 5. The van der Waals surface area contributed by atoms with E-state index >= 15 is 0 Å². The molecule has 0 saturated heterocycles. The van der Waals surface area contributed by atoms with Crippen molar-refractivity contribution >= 4 is 23.1 Å². The first-order chi connectivity index (χ1) is 12.7. The molecule has 2 aromatic rings. The monoisotopic (exact) mass is 372 g/mol. The SMILES string of the molecule is COc1ccc(C2CCC(CC(=NO)Nc3ccc(Cl)cc3)CC2)cc1. The summed E-state index contributed by atoms with van der Waals surface area (Å²) in [6, 6.07) is 15.8. The molecule has 4 nitrogen and oxygen atoms in total. The zero-order valence-electron chi connectivity index (χ0n) is 15.0. The average Bonchev–Trinajstić information content (AvgIpc) is 2.70. The Morgan fingerprint density at radius 1 is 1.08 bits per heavy atom. The number of anilines is 1. The Bertz CT molecular complexity index is 721. The second-order valence-electron chi connectivity index (χ2n) is 6.87. The minimum absolute atomic E-state index is 0.537. The van der Waals surface area contributed by atoms with Crippen molar-refractivity contribution in [1.82, 2.24) is 0 Å². The molecule has 1 fully saturated rings. The quantitative estimate of drug-likeness (QED) is 0.297. The number of halogens is 1. The van der Waals surface area contributed by atoms with Gasteiger partial charge in [0.2, 0.25) is 0 Å². The van der Waals surface area contributed by atoms with Crippen molar-refractivity contribution in [3.8, 4) is 5.75 Å². The molecular weight excluding hydrogens is 348 g/mol. The Kier molecular flexibility index (Phi) is 6.40. The highest BCUT2D eigenvalue weighted by atomic mass is 35.5. The van der Waals surface area contributed by atoms with E-state index in [-0.39, 0.29) is 0 Å². The van der Waals surface area contributed by atoms with Crippen LogP contribution in [0.4, 0.5) is 5.69 Å². The van der Waals surface area contributed by atoms with Crippen LogP contribution in [0.2, 0.25) is 5.02 Å². The maximum absolute atomic E-state index is 9.34. The largest absolute Gasteiger partial charge is 0.497 e. The van der Waals surface area contributed by atoms with E-state index in [9.17, 15) is 5.21 Å². The summed E-state index contributed by atoms with van der Waals surface area (Å²) in [6.45, 7) is 0. The maximum Gasteiger partial charge on any atom is 0.146 e. The Labute approximate surface area is 159 Å². The summed E-state index contributed by atoms with van der Waals surface area (Å²) in [5, 5.41) is 16.7. The first kappa shape index (κ1) is 18.6. The highest BCUT2D eigenvalue weighted by Crippen LogP contribution is 2.37. The predicted molar refractivity (Wildman–Crippen MR) is 107 cm³/mol. The van der Waals surface area contributed by atoms with Gasteiger partial charge in [0.25, 0.3) is 0 Å². The van der Waals surface area contributed by atoms with Gasteiger partial charge in [-0.2, -0.15) is 0 Å². The summed E-state index contributed by atoms with van der Waals surface area (Å²) in [5.74, 6) is 2.66. The van der Waals surface area contributed by atoms with Gasteiger partial charge in [0.15, 0.2) is 0 Å². The predicted octanol–water partition coefficient (Wildman–Crippen LogP) is 5.91. The van der Waals surface area contributed by atoms with Gasteiger partial charge in [-0.05, 0) is 79.5 Å². The van der Waals surface area contributed by atoms with Crippen LogP contribution in [0.1, 0.15) is 43.6 Å². The molecule has 0 heterocycles. The van der Waals surface area contributed by atoms with Crippen LogP contribution in [0.5, 0.6) is 5.75 Å². The smallest absolute Gasteiger partial charge is 0.146 e. The molecule has 0 radical (unpaired) electrons. The average molecular weight is 373 g/mol. The number of amidine groups is 1. The van der Waals surface area contributed by atoms with Crippen molar-refractivity contribution in [2.24, 2.45) is 11.1 Å². The topological polar surface area (TPSA) is 53.9 Å². The lowest BCUT2D eigenvalue weighted by Gasteiger charge is -2.29. The van der Waals surface area contributed by atoms with Crippen LogP contribution in [0.25, 0.3) is 0 Å². The third kappa shape index (κ3) is 4.92. The van der Waals surface area contributed by atoms with Crippen LogP contribution in [-0.2, 0) is 0 Å². The Morgan fingerprint density at radius 2 is 1.73 bits per heavy atom. The van der Waals surface area contributed by atoms with Crippen molar-refractivity contribution < 1.29 is 9.94 Å². The van der Waals surface area contributed by atoms with Crippen LogP contribution in [0.3, 0.4) is 0 Å². The molecule has 0 aliphatic heterocycles. The molecular formula is C21H25ClN2O2. The van der Waals surface area contributed by atoms with Crippen LogP contribution in [-0.4, -0.2) is 18.2 Å². The molecule has 138 valence electrons. The van der Waals surface area contributed by atoms with Gasteiger partial charge in [-0.3, -0.25) is 0 Å². The molecule has 0 atom stereocenters. The normalized spacial score (nSPS) is 20.6. The summed E-state index contributed by atoms with van der Waals surface area (Å²) in [4.78, 5) is 0. The molecule has 3 rings (SSSR count). The van der Waals surface area contributed by atoms with E-state index in [1.807, 2.05) is 36.4 Å². The molecule has 0 unspecified atom stereocenters. The summed E-state index contributed by atoms with van der Waals surface area (Å²) in [7, 11) is 1.69. The van der Waals surface area contributed by atoms with Gasteiger partial charge in [-0.15, -0.1) is 0 Å². The molecule has 0 aromatic heterocycles. The number of oxime groups is 1. The number of methoxy groups -OCH3 is 1. The molecule has 1 saturated carbocycles. The second kappa shape index (κ2) is 8.95. The number of hydrogen-bond donors (Lipinski definition) is 2. The number of hydrogen-bond acceptors (Lipinski definition) is 3. The zero-order chi connectivity index (χ0) is 18.4. The molecule has 2 aromatic carbocycles. The molecule has 5 heteroatoms. The fraction of sp³-hybridized carbons (Fsp3) is 0.381. The lowest BCUT2D eigenvalue weighted by Crippen LogP contribution is -2.21. The van der Waals surface area contributed by atoms with E-state index in [2.05, 4.69) is 22.6 Å². The van der Waals surface area contributed by atoms with Crippen LogP contribution in [0.15, 0.2) is 53.7 Å². The van der Waals surface area contributed by atoms with Crippen molar-refractivity contribution in [3.63, 3.8) is 0 Å². The number of nitrogens with zero attached hydrogens (tertiary/aromatic N) is 1. The Hall–Kier alpha value is -2.20. The summed E-state index contributed by atoms with van der Waals surface area (Å²) < 4.78 is 5.23. The molecule has 2 N–H and O–H groups in total. The van der Waals surface area contributed by atoms with Crippen LogP contribution < -0.4 is 10.1 Å². The zero-order valence-corrected chi connectivity index (χ0v) is 15.7. The van der Waals surface area contributed by atoms with Crippen LogP contribution in [0, 0.1) is 5.92 Å². The minimum Gasteiger partial charge on any atom is -0.497 e. The highest BCUT2D eigenvalue weighted by Gasteiger charge is 2.23. The number of ether oxygens (including phenoxy) is 1. The molecule has 1 aliphatic rings. The van der Waals surface area contributed by atoms with E-state index in [4.69, 9.17) is 16.3 Å². The van der Waals surface area contributed by atoms with Gasteiger partial charge in [-0.1, -0.05) is 28.9 Å². The van der Waals surface area contributed by atoms with Gasteiger partial charge in [0, 0.05) is 17.1 Å². The first-order valence-electron chi connectivity index (χ1n) is 9.05. The third-order valence-electron chi connectivity index (χ3n) is 5.17. The molecule has 0 bridgehead atoms. The minimum atomic E-state index is 0.537. The highest BCUT2D eigenvalue weighted by molar-refractivity contribution is 6.30. The van der Waals surface area contributed by atoms with E-state index in [1.54, 1.807) is 7.11 Å². The molecule has 0 amide bonds. The Balaban J connectivity index is 1.51. The summed E-state index contributed by atoms with van der Waals surface area (Å²) >= 11 is 5.90. The summed E-state index contributed by atoms with van der Waals surface area (Å²) in [6.07, 6.45) is 5.36. The fourth-order valence-corrected chi connectivity index (χ4v) is 3.79. The summed E-state index contributed by atoms with van der Waals surface area (Å²) in [5.41, 5.74) is 2.27. The van der Waals surface area contributed by atoms with Crippen LogP contribution >= 0.6 is 11.6 Å². The second-order valence-corrected chi connectivity index (χ2v) is 7.31. The standard InChI is InChI=1S/C21H25ClN2O2/c1-26-20-12-6-17(7-13-20)16-4-2-15(3-5-16)14-21(24-25)23-19-10-8-18(22)9-11-19/h6-13,15-16,25H,2-5,14H2,1H3,(H,23,24). The van der Waals surface area contributed by atoms with Gasteiger partial charge >= 0.3 is 0 Å². The lowest BCUT2D eigenvalue weighted by atomic mass is 9.77. The van der Waals surface area contributed by atoms with E-state index in [1.165, 1.54) is 5.56 Å². The molecule has 1 aliphatic carbocycles. The maximum atomic E-state index is 9.34. The van der Waals surface area contributed by atoms with Gasteiger partial charge in [0.1, 0.15) is 11.6 Å². The molecule has 0 spiro atoms. The van der Waals surface area contributed by atoms with E-state index in [0.29, 0.717) is 22.7 Å². The van der Waals surface area contributed by atoms with Crippen molar-refractivity contribution in [2.75, 3.05) is 12.4 Å². The van der Waals surface area contributed by atoms with Gasteiger partial charge in [0.05, 0.1) is 7.11 Å². The van der Waals surface area contributed by atoms with Crippen molar-refractivity contribution in [2.45, 2.75) is 38.0 Å². The molecule has 26 heavy (non-hydrogen) atoms. The number of benzene rings is 2. The van der Waals surface area contributed by atoms with E-state index in [0.717, 1.165) is 43.5 Å². The fourth-order valence-electron chi connectivity index (χ4n) is 3.67.